The molecule has 0 spiro atoms. The van der Waals surface area contributed by atoms with Crippen LogP contribution in [0, 0.1) is 24.2 Å². The molecule has 0 radical (unpaired) electrons. The maximum Gasteiger partial charge on any atom is 0.309 e. The molecule has 2 rings (SSSR count). The molecule has 1 aliphatic heterocycles. The van der Waals surface area contributed by atoms with Crippen LogP contribution in [0.5, 0.6) is 0 Å². The van der Waals surface area contributed by atoms with Crippen molar-refractivity contribution in [3.05, 3.63) is 40.6 Å². The number of hydrogen-bond donors (Lipinski definition) is 1. The van der Waals surface area contributed by atoms with Crippen LogP contribution in [0.1, 0.15) is 25.3 Å². The van der Waals surface area contributed by atoms with Crippen LogP contribution >= 0.6 is 11.6 Å². The number of piperidine rings is 1. The van der Waals surface area contributed by atoms with E-state index < -0.39 is 0 Å². The topological polar surface area (TPSA) is 82.4 Å². The van der Waals surface area contributed by atoms with E-state index in [1.807, 2.05) is 19.1 Å². The van der Waals surface area contributed by atoms with Gasteiger partial charge in [-0.3, -0.25) is 9.59 Å². The van der Waals surface area contributed by atoms with Gasteiger partial charge in [0.15, 0.2) is 0 Å². The normalized spacial score (nSPS) is 15.3. The highest BCUT2D eigenvalue weighted by atomic mass is 35.5. The van der Waals surface area contributed by atoms with E-state index in [0.717, 1.165) is 11.3 Å². The van der Waals surface area contributed by atoms with E-state index in [4.69, 9.17) is 16.3 Å². The minimum atomic E-state index is -0.345. The van der Waals surface area contributed by atoms with Gasteiger partial charge in [-0.25, -0.2) is 0 Å². The standard InChI is InChI=1S/C19H22ClN3O3/c1-3-26-19(25)14-7-9-23(10-8-14)18(24)15(11-21)12-22-17-6-4-5-16(20)13(17)2/h4-6,12,14,22H,3,7-10H2,1-2H3/b15-12-. The van der Waals surface area contributed by atoms with Gasteiger partial charge in [0.25, 0.3) is 5.91 Å². The van der Waals surface area contributed by atoms with Crippen LogP contribution < -0.4 is 5.32 Å². The molecule has 0 aliphatic carbocycles. The van der Waals surface area contributed by atoms with Gasteiger partial charge in [-0.2, -0.15) is 5.26 Å². The fourth-order valence-corrected chi connectivity index (χ4v) is 2.98. The quantitative estimate of drug-likeness (QED) is 0.485. The van der Waals surface area contributed by atoms with Gasteiger partial charge in [-0.15, -0.1) is 0 Å². The Balaban J connectivity index is 2.00. The van der Waals surface area contributed by atoms with Crippen molar-refractivity contribution < 1.29 is 14.3 Å². The summed E-state index contributed by atoms with van der Waals surface area (Å²) in [6, 6.07) is 7.33. The zero-order valence-corrected chi connectivity index (χ0v) is 15.7. The number of ether oxygens (including phenoxy) is 1. The number of anilines is 1. The van der Waals surface area contributed by atoms with Crippen molar-refractivity contribution in [2.45, 2.75) is 26.7 Å². The van der Waals surface area contributed by atoms with Gasteiger partial charge in [-0.05, 0) is 44.4 Å². The minimum absolute atomic E-state index is 0.0129. The summed E-state index contributed by atoms with van der Waals surface area (Å²) in [6.07, 6.45) is 2.49. The number of hydrogen-bond acceptors (Lipinski definition) is 5. The van der Waals surface area contributed by atoms with Crippen molar-refractivity contribution in [2.75, 3.05) is 25.0 Å². The van der Waals surface area contributed by atoms with E-state index in [2.05, 4.69) is 5.32 Å². The summed E-state index contributed by atoms with van der Waals surface area (Å²) < 4.78 is 5.03. The number of rotatable bonds is 5. The van der Waals surface area contributed by atoms with Gasteiger partial charge in [-0.1, -0.05) is 17.7 Å². The molecule has 1 aromatic carbocycles. The molecule has 0 saturated carbocycles. The first kappa shape index (κ1) is 19.8. The van der Waals surface area contributed by atoms with Gasteiger partial charge in [0, 0.05) is 30.0 Å². The summed E-state index contributed by atoms with van der Waals surface area (Å²) in [5.41, 5.74) is 1.59. The van der Waals surface area contributed by atoms with Crippen molar-refractivity contribution in [1.82, 2.24) is 4.90 Å². The molecule has 1 aromatic rings. The summed E-state index contributed by atoms with van der Waals surface area (Å²) >= 11 is 6.07. The van der Waals surface area contributed by atoms with E-state index >= 15 is 0 Å². The third kappa shape index (κ3) is 4.77. The Bertz CT molecular complexity index is 747. The molecule has 0 aromatic heterocycles. The first-order chi connectivity index (χ1) is 12.5. The SMILES string of the molecule is CCOC(=O)C1CCN(C(=O)/C(C#N)=C\Nc2cccc(Cl)c2C)CC1. The molecule has 1 fully saturated rings. The largest absolute Gasteiger partial charge is 0.466 e. The molecule has 26 heavy (non-hydrogen) atoms. The second-order valence-electron chi connectivity index (χ2n) is 6.05. The van der Waals surface area contributed by atoms with Crippen LogP contribution in [-0.2, 0) is 14.3 Å². The fraction of sp³-hybridized carbons (Fsp3) is 0.421. The lowest BCUT2D eigenvalue weighted by Crippen LogP contribution is -2.41. The molecule has 1 heterocycles. The third-order valence-corrected chi connectivity index (χ3v) is 4.80. The fourth-order valence-electron chi connectivity index (χ4n) is 2.80. The van der Waals surface area contributed by atoms with Crippen molar-refractivity contribution >= 4 is 29.2 Å². The average molecular weight is 376 g/mol. The molecule has 6 nitrogen and oxygen atoms in total. The second kappa shape index (κ2) is 9.25. The van der Waals surface area contributed by atoms with Gasteiger partial charge in [0.05, 0.1) is 12.5 Å². The average Bonchev–Trinajstić information content (AvgIpc) is 2.65. The number of halogens is 1. The number of esters is 1. The highest BCUT2D eigenvalue weighted by molar-refractivity contribution is 6.31. The molecule has 1 saturated heterocycles. The Kier molecular flexibility index (Phi) is 7.05. The number of benzene rings is 1. The molecule has 1 aliphatic rings. The highest BCUT2D eigenvalue weighted by Crippen LogP contribution is 2.24. The van der Waals surface area contributed by atoms with Gasteiger partial charge >= 0.3 is 5.97 Å². The number of nitrogens with one attached hydrogen (secondary N) is 1. The Hall–Kier alpha value is -2.52. The lowest BCUT2D eigenvalue weighted by Gasteiger charge is -2.30. The van der Waals surface area contributed by atoms with Crippen molar-refractivity contribution in [1.29, 1.82) is 5.26 Å². The molecular weight excluding hydrogens is 354 g/mol. The Morgan fingerprint density at radius 2 is 2.12 bits per heavy atom. The Morgan fingerprint density at radius 3 is 2.73 bits per heavy atom. The molecule has 1 amide bonds. The van der Waals surface area contributed by atoms with Crippen molar-refractivity contribution in [2.24, 2.45) is 5.92 Å². The van der Waals surface area contributed by atoms with Crippen molar-refractivity contribution in [3.63, 3.8) is 0 Å². The molecule has 138 valence electrons. The minimum Gasteiger partial charge on any atom is -0.466 e. The van der Waals surface area contributed by atoms with Crippen LogP contribution in [0.2, 0.25) is 5.02 Å². The molecule has 0 bridgehead atoms. The summed E-state index contributed by atoms with van der Waals surface area (Å²) in [5.74, 6) is -0.739. The van der Waals surface area contributed by atoms with E-state index in [9.17, 15) is 14.9 Å². The lowest BCUT2D eigenvalue weighted by molar-refractivity contribution is -0.150. The van der Waals surface area contributed by atoms with Crippen LogP contribution in [0.15, 0.2) is 30.0 Å². The van der Waals surface area contributed by atoms with E-state index in [0.29, 0.717) is 37.6 Å². The predicted octanol–water partition coefficient (Wildman–Crippen LogP) is 3.27. The zero-order valence-electron chi connectivity index (χ0n) is 14.9. The van der Waals surface area contributed by atoms with Crippen LogP contribution in [0.4, 0.5) is 5.69 Å². The smallest absolute Gasteiger partial charge is 0.309 e. The van der Waals surface area contributed by atoms with Crippen LogP contribution in [-0.4, -0.2) is 36.5 Å². The van der Waals surface area contributed by atoms with Gasteiger partial charge < -0.3 is 15.0 Å². The molecule has 0 unspecified atom stereocenters. The zero-order chi connectivity index (χ0) is 19.1. The first-order valence-electron chi connectivity index (χ1n) is 8.55. The summed E-state index contributed by atoms with van der Waals surface area (Å²) in [6.45, 7) is 4.84. The number of carbonyl (C=O) groups is 2. The maximum atomic E-state index is 12.6. The van der Waals surface area contributed by atoms with Crippen LogP contribution in [0.3, 0.4) is 0 Å². The molecule has 0 atom stereocenters. The van der Waals surface area contributed by atoms with Gasteiger partial charge in [0.2, 0.25) is 0 Å². The second-order valence-corrected chi connectivity index (χ2v) is 6.45. The number of nitrogens with zero attached hydrogens (tertiary/aromatic N) is 2. The number of nitriles is 1. The third-order valence-electron chi connectivity index (χ3n) is 4.39. The Morgan fingerprint density at radius 1 is 1.42 bits per heavy atom. The summed E-state index contributed by atoms with van der Waals surface area (Å²) in [5, 5.41) is 12.9. The first-order valence-corrected chi connectivity index (χ1v) is 8.93. The number of carbonyl (C=O) groups excluding carboxylic acids is 2. The van der Waals surface area contributed by atoms with E-state index in [1.165, 1.54) is 6.20 Å². The summed E-state index contributed by atoms with van der Waals surface area (Å²) in [7, 11) is 0. The lowest BCUT2D eigenvalue weighted by atomic mass is 9.96. The monoisotopic (exact) mass is 375 g/mol. The number of amides is 1. The maximum absolute atomic E-state index is 12.6. The van der Waals surface area contributed by atoms with Gasteiger partial charge in [0.1, 0.15) is 11.6 Å². The molecular formula is C19H22ClN3O3. The molecule has 1 N–H and O–H groups in total. The van der Waals surface area contributed by atoms with E-state index in [1.54, 1.807) is 24.0 Å². The summed E-state index contributed by atoms with van der Waals surface area (Å²) in [4.78, 5) is 25.9. The molecule has 7 heteroatoms. The van der Waals surface area contributed by atoms with Crippen molar-refractivity contribution in [3.8, 4) is 6.07 Å². The Labute approximate surface area is 158 Å². The predicted molar refractivity (Wildman–Crippen MR) is 99.4 cm³/mol. The van der Waals surface area contributed by atoms with Crippen LogP contribution in [0.25, 0.3) is 0 Å². The highest BCUT2D eigenvalue weighted by Gasteiger charge is 2.29. The van der Waals surface area contributed by atoms with E-state index in [-0.39, 0.29) is 23.4 Å². The number of likely N-dealkylation sites (tertiary alicyclic amines) is 1.